The van der Waals surface area contributed by atoms with Gasteiger partial charge in [0.05, 0.1) is 24.5 Å². The summed E-state index contributed by atoms with van der Waals surface area (Å²) in [6, 6.07) is 5.44. The Morgan fingerprint density at radius 3 is 2.83 bits per heavy atom. The molecule has 0 unspecified atom stereocenters. The van der Waals surface area contributed by atoms with E-state index in [4.69, 9.17) is 4.98 Å². The van der Waals surface area contributed by atoms with Gasteiger partial charge in [0.25, 0.3) is 5.91 Å². The van der Waals surface area contributed by atoms with Crippen molar-refractivity contribution in [1.29, 1.82) is 0 Å². The SMILES string of the molecule is CC(C)[C@@H]1c2nc(-c3cccnc3)nn2CCN1C(=O)c1cnc2c(c1)ncn2C. The minimum atomic E-state index is -0.177. The van der Waals surface area contributed by atoms with Gasteiger partial charge in [0, 0.05) is 37.7 Å². The van der Waals surface area contributed by atoms with Crippen LogP contribution in [-0.4, -0.2) is 51.6 Å². The summed E-state index contributed by atoms with van der Waals surface area (Å²) in [5.41, 5.74) is 2.87. The highest BCUT2D eigenvalue weighted by Gasteiger charge is 2.36. The molecule has 0 aliphatic carbocycles. The Labute approximate surface area is 173 Å². The summed E-state index contributed by atoms with van der Waals surface area (Å²) in [6.07, 6.45) is 6.81. The number of hydrogen-bond acceptors (Lipinski definition) is 6. The van der Waals surface area contributed by atoms with Gasteiger partial charge in [0.1, 0.15) is 5.52 Å². The first-order valence-corrected chi connectivity index (χ1v) is 9.96. The highest BCUT2D eigenvalue weighted by Crippen LogP contribution is 2.33. The third kappa shape index (κ3) is 2.94. The number of aryl methyl sites for hydroxylation is 1. The fourth-order valence-corrected chi connectivity index (χ4v) is 4.02. The summed E-state index contributed by atoms with van der Waals surface area (Å²) in [6.45, 7) is 5.35. The van der Waals surface area contributed by atoms with E-state index in [1.165, 1.54) is 0 Å². The van der Waals surface area contributed by atoms with E-state index in [0.29, 0.717) is 30.0 Å². The van der Waals surface area contributed by atoms with Crippen LogP contribution in [0.3, 0.4) is 0 Å². The van der Waals surface area contributed by atoms with E-state index < -0.39 is 0 Å². The van der Waals surface area contributed by atoms with Gasteiger partial charge in [-0.15, -0.1) is 0 Å². The molecule has 0 fully saturated rings. The predicted molar refractivity (Wildman–Crippen MR) is 110 cm³/mol. The van der Waals surface area contributed by atoms with Crippen LogP contribution in [0.1, 0.15) is 36.1 Å². The molecule has 0 aromatic carbocycles. The van der Waals surface area contributed by atoms with Crippen LogP contribution in [0, 0.1) is 5.92 Å². The van der Waals surface area contributed by atoms with Gasteiger partial charge in [-0.25, -0.2) is 19.6 Å². The molecule has 0 saturated heterocycles. The Balaban J connectivity index is 1.51. The van der Waals surface area contributed by atoms with Gasteiger partial charge in [-0.1, -0.05) is 13.8 Å². The van der Waals surface area contributed by atoms with E-state index >= 15 is 0 Å². The molecule has 0 radical (unpaired) electrons. The van der Waals surface area contributed by atoms with E-state index in [2.05, 4.69) is 33.9 Å². The molecule has 30 heavy (non-hydrogen) atoms. The standard InChI is InChI=1S/C21H22N8O/c1-13(2)17-20-25-18(14-5-4-6-22-10-14)26-29(20)8-7-28(17)21(30)15-9-16-19(23-11-15)27(3)12-24-16/h4-6,9-13,17H,7-8H2,1-3H3/t17-/m1/s1. The van der Waals surface area contributed by atoms with Crippen molar-refractivity contribution in [2.75, 3.05) is 6.54 Å². The number of carbonyl (C=O) groups excluding carboxylic acids is 1. The lowest BCUT2D eigenvalue weighted by Crippen LogP contribution is -2.44. The molecule has 9 nitrogen and oxygen atoms in total. The lowest BCUT2D eigenvalue weighted by Gasteiger charge is -2.37. The maximum absolute atomic E-state index is 13.4. The largest absolute Gasteiger partial charge is 0.326 e. The van der Waals surface area contributed by atoms with Crippen LogP contribution in [0.4, 0.5) is 0 Å². The van der Waals surface area contributed by atoms with Crippen LogP contribution in [0.2, 0.25) is 0 Å². The van der Waals surface area contributed by atoms with Crippen LogP contribution in [0.15, 0.2) is 43.1 Å². The number of amides is 1. The van der Waals surface area contributed by atoms with Crippen molar-refractivity contribution >= 4 is 17.1 Å². The molecule has 1 atom stereocenters. The highest BCUT2D eigenvalue weighted by atomic mass is 16.2. The maximum atomic E-state index is 13.4. The minimum absolute atomic E-state index is 0.0640. The van der Waals surface area contributed by atoms with Crippen LogP contribution in [-0.2, 0) is 13.6 Å². The van der Waals surface area contributed by atoms with E-state index in [9.17, 15) is 4.79 Å². The van der Waals surface area contributed by atoms with Gasteiger partial charge >= 0.3 is 0 Å². The number of rotatable bonds is 3. The Morgan fingerprint density at radius 1 is 1.20 bits per heavy atom. The Bertz CT molecular complexity index is 1230. The summed E-state index contributed by atoms with van der Waals surface area (Å²) < 4.78 is 3.75. The van der Waals surface area contributed by atoms with Crippen molar-refractivity contribution in [2.24, 2.45) is 13.0 Å². The van der Waals surface area contributed by atoms with E-state index in [-0.39, 0.29) is 17.9 Å². The predicted octanol–water partition coefficient (Wildman–Crippen LogP) is 2.47. The van der Waals surface area contributed by atoms with Crippen molar-refractivity contribution < 1.29 is 4.79 Å². The van der Waals surface area contributed by atoms with Gasteiger partial charge in [0.15, 0.2) is 17.3 Å². The van der Waals surface area contributed by atoms with Crippen LogP contribution < -0.4 is 0 Å². The third-order valence-electron chi connectivity index (χ3n) is 5.46. The molecule has 5 rings (SSSR count). The summed E-state index contributed by atoms with van der Waals surface area (Å²) in [4.78, 5) is 33.0. The summed E-state index contributed by atoms with van der Waals surface area (Å²) in [7, 11) is 1.88. The summed E-state index contributed by atoms with van der Waals surface area (Å²) in [5.74, 6) is 1.54. The number of fused-ring (bicyclic) bond motifs is 2. The van der Waals surface area contributed by atoms with Crippen LogP contribution in [0.5, 0.6) is 0 Å². The fourth-order valence-electron chi connectivity index (χ4n) is 4.02. The Morgan fingerprint density at radius 2 is 2.07 bits per heavy atom. The van der Waals surface area contributed by atoms with Gasteiger partial charge < -0.3 is 9.47 Å². The lowest BCUT2D eigenvalue weighted by atomic mass is 9.99. The average Bonchev–Trinajstić information content (AvgIpc) is 3.36. The number of imidazole rings is 1. The molecule has 0 N–H and O–H groups in total. The molecule has 0 bridgehead atoms. The normalized spacial score (nSPS) is 16.3. The molecule has 4 aromatic heterocycles. The zero-order chi connectivity index (χ0) is 20.8. The second kappa shape index (κ2) is 7.01. The smallest absolute Gasteiger partial charge is 0.256 e. The van der Waals surface area contributed by atoms with Crippen molar-refractivity contribution in [3.63, 3.8) is 0 Å². The third-order valence-corrected chi connectivity index (χ3v) is 5.46. The topological polar surface area (TPSA) is 94.6 Å². The molecule has 4 aromatic rings. The van der Waals surface area contributed by atoms with Gasteiger partial charge in [-0.2, -0.15) is 5.10 Å². The van der Waals surface area contributed by atoms with E-state index in [1.807, 2.05) is 39.4 Å². The lowest BCUT2D eigenvalue weighted by molar-refractivity contribution is 0.0536. The first kappa shape index (κ1) is 18.4. The molecule has 1 amide bonds. The van der Waals surface area contributed by atoms with Crippen molar-refractivity contribution in [3.8, 4) is 11.4 Å². The number of hydrogen-bond donors (Lipinski definition) is 0. The zero-order valence-corrected chi connectivity index (χ0v) is 17.1. The molecule has 1 aliphatic rings. The monoisotopic (exact) mass is 402 g/mol. The number of pyridine rings is 2. The van der Waals surface area contributed by atoms with Crippen LogP contribution in [0.25, 0.3) is 22.6 Å². The summed E-state index contributed by atoms with van der Waals surface area (Å²) in [5, 5.41) is 4.67. The number of aromatic nitrogens is 7. The summed E-state index contributed by atoms with van der Waals surface area (Å²) >= 11 is 0. The number of carbonyl (C=O) groups is 1. The minimum Gasteiger partial charge on any atom is -0.326 e. The fraction of sp³-hybridized carbons (Fsp3) is 0.333. The zero-order valence-electron chi connectivity index (χ0n) is 17.1. The van der Waals surface area contributed by atoms with E-state index in [0.717, 1.165) is 17.0 Å². The van der Waals surface area contributed by atoms with Gasteiger partial charge in [-0.05, 0) is 24.1 Å². The second-order valence-corrected chi connectivity index (χ2v) is 7.87. The average molecular weight is 402 g/mol. The Kier molecular flexibility index (Phi) is 4.30. The van der Waals surface area contributed by atoms with Crippen molar-refractivity contribution in [3.05, 3.63) is 54.5 Å². The van der Waals surface area contributed by atoms with Crippen molar-refractivity contribution in [2.45, 2.75) is 26.4 Å². The molecule has 5 heterocycles. The first-order chi connectivity index (χ1) is 14.5. The second-order valence-electron chi connectivity index (χ2n) is 7.87. The molecule has 1 aliphatic heterocycles. The molecule has 9 heteroatoms. The molecule has 0 saturated carbocycles. The highest BCUT2D eigenvalue weighted by molar-refractivity contribution is 5.96. The van der Waals surface area contributed by atoms with Gasteiger partial charge in [0.2, 0.25) is 0 Å². The Hall–Kier alpha value is -3.62. The quantitative estimate of drug-likeness (QED) is 0.522. The maximum Gasteiger partial charge on any atom is 0.256 e. The molecular weight excluding hydrogens is 380 g/mol. The van der Waals surface area contributed by atoms with E-state index in [1.54, 1.807) is 24.9 Å². The molecule has 152 valence electrons. The van der Waals surface area contributed by atoms with Crippen LogP contribution >= 0.6 is 0 Å². The van der Waals surface area contributed by atoms with Crippen molar-refractivity contribution in [1.82, 2.24) is 39.2 Å². The molecular formula is C21H22N8O. The number of nitrogens with zero attached hydrogens (tertiary/aromatic N) is 8. The first-order valence-electron chi connectivity index (χ1n) is 9.96. The molecule has 0 spiro atoms. The van der Waals surface area contributed by atoms with Gasteiger partial charge in [-0.3, -0.25) is 9.78 Å².